The summed E-state index contributed by atoms with van der Waals surface area (Å²) in [6, 6.07) is 15.3. The zero-order valence-electron chi connectivity index (χ0n) is 13.2. The van der Waals surface area contributed by atoms with Gasteiger partial charge >= 0.3 is 0 Å². The minimum atomic E-state index is 0.0527. The maximum absolute atomic E-state index is 11.3. The highest BCUT2D eigenvalue weighted by Crippen LogP contribution is 2.15. The summed E-state index contributed by atoms with van der Waals surface area (Å²) in [5, 5.41) is 0. The van der Waals surface area contributed by atoms with E-state index in [1.54, 1.807) is 19.1 Å². The van der Waals surface area contributed by atoms with Gasteiger partial charge in [-0.1, -0.05) is 29.8 Å². The van der Waals surface area contributed by atoms with Crippen LogP contribution in [0.2, 0.25) is 0 Å². The first-order valence-electron chi connectivity index (χ1n) is 7.58. The molecule has 0 aromatic heterocycles. The third kappa shape index (κ3) is 5.24. The molecule has 0 amide bonds. The van der Waals surface area contributed by atoms with Gasteiger partial charge in [-0.2, -0.15) is 0 Å². The Hall–Kier alpha value is -2.29. The summed E-state index contributed by atoms with van der Waals surface area (Å²) in [5.74, 6) is 1.70. The van der Waals surface area contributed by atoms with Gasteiger partial charge in [0.25, 0.3) is 0 Å². The van der Waals surface area contributed by atoms with Crippen LogP contribution in [0.15, 0.2) is 48.5 Å². The molecule has 0 aliphatic rings. The van der Waals surface area contributed by atoms with Crippen LogP contribution >= 0.6 is 0 Å². The molecule has 0 atom stereocenters. The number of rotatable bonds is 8. The van der Waals surface area contributed by atoms with Gasteiger partial charge in [-0.25, -0.2) is 0 Å². The van der Waals surface area contributed by atoms with Crippen molar-refractivity contribution in [3.63, 3.8) is 0 Å². The Balaban J connectivity index is 1.64. The fourth-order valence-electron chi connectivity index (χ4n) is 2.02. The van der Waals surface area contributed by atoms with Gasteiger partial charge in [0.15, 0.2) is 5.78 Å². The molecule has 3 nitrogen and oxygen atoms in total. The van der Waals surface area contributed by atoms with Crippen molar-refractivity contribution in [1.29, 1.82) is 0 Å². The van der Waals surface area contributed by atoms with E-state index in [9.17, 15) is 4.79 Å². The summed E-state index contributed by atoms with van der Waals surface area (Å²) < 4.78 is 11.3. The molecule has 0 unspecified atom stereocenters. The smallest absolute Gasteiger partial charge is 0.159 e. The van der Waals surface area contributed by atoms with Gasteiger partial charge in [-0.05, 0) is 51.0 Å². The predicted molar refractivity (Wildman–Crippen MR) is 87.8 cm³/mol. The molecule has 2 rings (SSSR count). The number of unbranched alkanes of at least 4 members (excludes halogenated alkanes) is 1. The van der Waals surface area contributed by atoms with Gasteiger partial charge in [-0.15, -0.1) is 0 Å². The Morgan fingerprint density at radius 3 is 2.18 bits per heavy atom. The molecule has 0 spiro atoms. The van der Waals surface area contributed by atoms with Crippen LogP contribution in [0.5, 0.6) is 11.5 Å². The lowest BCUT2D eigenvalue weighted by molar-refractivity contribution is 0.101. The van der Waals surface area contributed by atoms with Crippen molar-refractivity contribution in [3.8, 4) is 11.5 Å². The van der Waals surface area contributed by atoms with Crippen molar-refractivity contribution in [1.82, 2.24) is 0 Å². The number of carbonyl (C=O) groups is 1. The summed E-state index contributed by atoms with van der Waals surface area (Å²) in [6.07, 6.45) is 1.84. The Bertz CT molecular complexity index is 602. The van der Waals surface area contributed by atoms with E-state index in [2.05, 4.69) is 6.92 Å². The molecule has 22 heavy (non-hydrogen) atoms. The third-order valence-corrected chi connectivity index (χ3v) is 3.34. The molecule has 116 valence electrons. The van der Waals surface area contributed by atoms with E-state index in [1.807, 2.05) is 36.4 Å². The van der Waals surface area contributed by atoms with Crippen LogP contribution in [-0.4, -0.2) is 19.0 Å². The second kappa shape index (κ2) is 8.23. The van der Waals surface area contributed by atoms with Gasteiger partial charge in [0.05, 0.1) is 13.2 Å². The summed E-state index contributed by atoms with van der Waals surface area (Å²) in [6.45, 7) is 4.92. The maximum atomic E-state index is 11.3. The van der Waals surface area contributed by atoms with Crippen molar-refractivity contribution in [2.75, 3.05) is 13.2 Å². The van der Waals surface area contributed by atoms with E-state index >= 15 is 0 Å². The zero-order valence-corrected chi connectivity index (χ0v) is 13.2. The number of ketones is 1. The highest BCUT2D eigenvalue weighted by molar-refractivity contribution is 5.94. The first-order valence-corrected chi connectivity index (χ1v) is 7.58. The van der Waals surface area contributed by atoms with Crippen LogP contribution < -0.4 is 9.47 Å². The first-order chi connectivity index (χ1) is 10.6. The first kappa shape index (κ1) is 16.1. The van der Waals surface area contributed by atoms with E-state index < -0.39 is 0 Å². The normalized spacial score (nSPS) is 10.3. The standard InChI is InChI=1S/C19H22O3/c1-15-8-10-18(11-9-15)21-12-3-4-13-22-19-7-5-6-17(14-19)16(2)20/h5-11,14H,3-4,12-13H2,1-2H3. The lowest BCUT2D eigenvalue weighted by Gasteiger charge is -2.08. The lowest BCUT2D eigenvalue weighted by atomic mass is 10.1. The lowest BCUT2D eigenvalue weighted by Crippen LogP contribution is -2.03. The molecule has 0 aliphatic carbocycles. The third-order valence-electron chi connectivity index (χ3n) is 3.34. The minimum Gasteiger partial charge on any atom is -0.494 e. The van der Waals surface area contributed by atoms with E-state index in [0.717, 1.165) is 24.3 Å². The molecule has 0 radical (unpaired) electrons. The summed E-state index contributed by atoms with van der Waals surface area (Å²) in [4.78, 5) is 11.3. The van der Waals surface area contributed by atoms with Crippen molar-refractivity contribution < 1.29 is 14.3 Å². The SMILES string of the molecule is CC(=O)c1cccc(OCCCCOc2ccc(C)cc2)c1. The van der Waals surface area contributed by atoms with Gasteiger partial charge in [0.1, 0.15) is 11.5 Å². The summed E-state index contributed by atoms with van der Waals surface area (Å²) >= 11 is 0. The van der Waals surface area contributed by atoms with Crippen LogP contribution in [0.25, 0.3) is 0 Å². The molecule has 0 bridgehead atoms. The molecule has 0 aliphatic heterocycles. The summed E-state index contributed by atoms with van der Waals surface area (Å²) in [5.41, 5.74) is 1.91. The molecule has 0 heterocycles. The quantitative estimate of drug-likeness (QED) is 0.534. The molecule has 0 N–H and O–H groups in total. The van der Waals surface area contributed by atoms with Crippen molar-refractivity contribution in [3.05, 3.63) is 59.7 Å². The Morgan fingerprint density at radius 1 is 0.909 bits per heavy atom. The topological polar surface area (TPSA) is 35.5 Å². The van der Waals surface area contributed by atoms with Crippen LogP contribution in [0.4, 0.5) is 0 Å². The zero-order chi connectivity index (χ0) is 15.8. The predicted octanol–water partition coefficient (Wildman–Crippen LogP) is 4.44. The monoisotopic (exact) mass is 298 g/mol. The van der Waals surface area contributed by atoms with Crippen LogP contribution in [0.3, 0.4) is 0 Å². The molecule has 3 heteroatoms. The number of hydrogen-bond donors (Lipinski definition) is 0. The molecule has 2 aromatic carbocycles. The largest absolute Gasteiger partial charge is 0.494 e. The van der Waals surface area contributed by atoms with Gasteiger partial charge in [0, 0.05) is 5.56 Å². The molecule has 0 saturated carbocycles. The minimum absolute atomic E-state index is 0.0527. The molecular formula is C19H22O3. The Morgan fingerprint density at radius 2 is 1.55 bits per heavy atom. The van der Waals surface area contributed by atoms with Crippen molar-refractivity contribution in [2.24, 2.45) is 0 Å². The number of aryl methyl sites for hydroxylation is 1. The van der Waals surface area contributed by atoms with Crippen LogP contribution in [-0.2, 0) is 0 Å². The molecule has 0 saturated heterocycles. The number of carbonyl (C=O) groups excluding carboxylic acids is 1. The van der Waals surface area contributed by atoms with E-state index in [-0.39, 0.29) is 5.78 Å². The Labute approximate surface area is 131 Å². The number of ether oxygens (including phenoxy) is 2. The highest BCUT2D eigenvalue weighted by atomic mass is 16.5. The van der Waals surface area contributed by atoms with Gasteiger partial charge in [0.2, 0.25) is 0 Å². The second-order valence-electron chi connectivity index (χ2n) is 5.30. The number of benzene rings is 2. The van der Waals surface area contributed by atoms with Crippen LogP contribution in [0.1, 0.15) is 35.7 Å². The average molecular weight is 298 g/mol. The Kier molecular flexibility index (Phi) is 6.01. The highest BCUT2D eigenvalue weighted by Gasteiger charge is 2.01. The number of Topliss-reactive ketones (excluding diaryl/α,β-unsaturated/α-hetero) is 1. The van der Waals surface area contributed by atoms with Crippen molar-refractivity contribution >= 4 is 5.78 Å². The molecule has 0 fully saturated rings. The van der Waals surface area contributed by atoms with Gasteiger partial charge < -0.3 is 9.47 Å². The molecule has 2 aromatic rings. The number of hydrogen-bond acceptors (Lipinski definition) is 3. The van der Waals surface area contributed by atoms with Crippen molar-refractivity contribution in [2.45, 2.75) is 26.7 Å². The summed E-state index contributed by atoms with van der Waals surface area (Å²) in [7, 11) is 0. The maximum Gasteiger partial charge on any atom is 0.159 e. The van der Waals surface area contributed by atoms with Gasteiger partial charge in [-0.3, -0.25) is 4.79 Å². The molecular weight excluding hydrogens is 276 g/mol. The van der Waals surface area contributed by atoms with Crippen LogP contribution in [0, 0.1) is 6.92 Å². The fraction of sp³-hybridized carbons (Fsp3) is 0.316. The fourth-order valence-corrected chi connectivity index (χ4v) is 2.02. The second-order valence-corrected chi connectivity index (χ2v) is 5.30. The van der Waals surface area contributed by atoms with E-state index in [4.69, 9.17) is 9.47 Å². The average Bonchev–Trinajstić information content (AvgIpc) is 2.52. The van der Waals surface area contributed by atoms with E-state index in [1.165, 1.54) is 5.56 Å². The van der Waals surface area contributed by atoms with E-state index in [0.29, 0.717) is 18.8 Å².